The average Bonchev–Trinajstić information content (AvgIpc) is 3.33. The number of carbonyl (C=O) groups excluding carboxylic acids is 1. The molecule has 0 saturated carbocycles. The summed E-state index contributed by atoms with van der Waals surface area (Å²) < 4.78 is 16.4. The number of hydrogen-bond donors (Lipinski definition) is 0. The van der Waals surface area contributed by atoms with Crippen LogP contribution in [0.4, 0.5) is 4.39 Å². The maximum Gasteiger partial charge on any atom is 0.254 e. The molecule has 5 rings (SSSR count). The van der Waals surface area contributed by atoms with Crippen molar-refractivity contribution in [2.45, 2.75) is 26.4 Å². The van der Waals surface area contributed by atoms with Gasteiger partial charge >= 0.3 is 0 Å². The third-order valence-electron chi connectivity index (χ3n) is 5.34. The molecule has 0 spiro atoms. The molecule has 6 nitrogen and oxygen atoms in total. The molecule has 0 unspecified atom stereocenters. The summed E-state index contributed by atoms with van der Waals surface area (Å²) in [6.07, 6.45) is 0. The maximum absolute atomic E-state index is 13.2. The van der Waals surface area contributed by atoms with Crippen LogP contribution in [0.25, 0.3) is 21.0 Å². The highest BCUT2D eigenvalue weighted by atomic mass is 32.1. The molecule has 4 aromatic rings. The number of amides is 1. The summed E-state index contributed by atoms with van der Waals surface area (Å²) in [4.78, 5) is 19.4. The second-order valence-electron chi connectivity index (χ2n) is 7.16. The lowest BCUT2D eigenvalue weighted by atomic mass is 10.1. The molecule has 1 atom stereocenters. The van der Waals surface area contributed by atoms with E-state index < -0.39 is 0 Å². The summed E-state index contributed by atoms with van der Waals surface area (Å²) >= 11 is 1.61. The Morgan fingerprint density at radius 2 is 1.93 bits per heavy atom. The predicted molar refractivity (Wildman–Crippen MR) is 109 cm³/mol. The fraction of sp³-hybridized carbons (Fsp3) is 0.238. The Bertz CT molecular complexity index is 1230. The standard InChI is InChI=1S/C21H18FN5OS/c1-12-4-3-5-16-17(12)29-20(23-16)19-25-24-18-13(2)26(10-11-27(18)19)21(28)14-6-8-15(22)9-7-14/h3-9,13H,10-11H2,1-2H3/t13-/m1/s1. The topological polar surface area (TPSA) is 63.9 Å². The molecule has 2 aromatic heterocycles. The largest absolute Gasteiger partial charge is 0.327 e. The number of aryl methyl sites for hydroxylation is 1. The van der Waals surface area contributed by atoms with E-state index >= 15 is 0 Å². The number of nitrogens with zero attached hydrogens (tertiary/aromatic N) is 5. The van der Waals surface area contributed by atoms with Crippen LogP contribution in [0, 0.1) is 12.7 Å². The van der Waals surface area contributed by atoms with E-state index in [4.69, 9.17) is 4.98 Å². The van der Waals surface area contributed by atoms with Crippen molar-refractivity contribution in [1.82, 2.24) is 24.6 Å². The number of thiazole rings is 1. The number of aromatic nitrogens is 4. The number of benzene rings is 2. The molecular weight excluding hydrogens is 389 g/mol. The van der Waals surface area contributed by atoms with Crippen LogP contribution < -0.4 is 0 Å². The lowest BCUT2D eigenvalue weighted by molar-refractivity contribution is 0.0638. The van der Waals surface area contributed by atoms with Gasteiger partial charge in [-0.15, -0.1) is 21.5 Å². The van der Waals surface area contributed by atoms with Crippen molar-refractivity contribution in [3.05, 3.63) is 65.2 Å². The van der Waals surface area contributed by atoms with Crippen LogP contribution in [0.5, 0.6) is 0 Å². The van der Waals surface area contributed by atoms with Gasteiger partial charge in [-0.05, 0) is 49.7 Å². The molecule has 0 fully saturated rings. The van der Waals surface area contributed by atoms with Crippen molar-refractivity contribution < 1.29 is 9.18 Å². The fourth-order valence-corrected chi connectivity index (χ4v) is 4.79. The third kappa shape index (κ3) is 2.91. The van der Waals surface area contributed by atoms with E-state index in [1.165, 1.54) is 29.8 Å². The van der Waals surface area contributed by atoms with E-state index in [1.54, 1.807) is 16.2 Å². The molecule has 0 aliphatic carbocycles. The normalized spacial score (nSPS) is 16.2. The van der Waals surface area contributed by atoms with Gasteiger partial charge in [0, 0.05) is 18.7 Å². The first-order valence-corrected chi connectivity index (χ1v) is 10.2. The molecule has 1 aliphatic heterocycles. The Morgan fingerprint density at radius 3 is 2.69 bits per heavy atom. The van der Waals surface area contributed by atoms with E-state index in [-0.39, 0.29) is 17.8 Å². The summed E-state index contributed by atoms with van der Waals surface area (Å²) in [5.41, 5.74) is 2.61. The van der Waals surface area contributed by atoms with Gasteiger partial charge in [-0.25, -0.2) is 9.37 Å². The first-order chi connectivity index (χ1) is 14.0. The molecule has 0 saturated heterocycles. The Kier molecular flexibility index (Phi) is 4.16. The molecule has 29 heavy (non-hydrogen) atoms. The van der Waals surface area contributed by atoms with Gasteiger partial charge in [0.15, 0.2) is 16.7 Å². The third-order valence-corrected chi connectivity index (χ3v) is 6.54. The molecule has 2 aromatic carbocycles. The Morgan fingerprint density at radius 1 is 1.14 bits per heavy atom. The van der Waals surface area contributed by atoms with Crippen LogP contribution in [0.1, 0.15) is 34.7 Å². The zero-order valence-corrected chi connectivity index (χ0v) is 16.8. The summed E-state index contributed by atoms with van der Waals surface area (Å²) in [7, 11) is 0. The second kappa shape index (κ2) is 6.73. The van der Waals surface area contributed by atoms with E-state index in [0.29, 0.717) is 18.7 Å². The lowest BCUT2D eigenvalue weighted by Crippen LogP contribution is -2.41. The van der Waals surface area contributed by atoms with Gasteiger partial charge in [0.2, 0.25) is 0 Å². The van der Waals surface area contributed by atoms with Crippen LogP contribution >= 0.6 is 11.3 Å². The number of carbonyl (C=O) groups is 1. The maximum atomic E-state index is 13.2. The van der Waals surface area contributed by atoms with Crippen LogP contribution in [0.3, 0.4) is 0 Å². The van der Waals surface area contributed by atoms with Gasteiger partial charge < -0.3 is 9.47 Å². The monoisotopic (exact) mass is 407 g/mol. The summed E-state index contributed by atoms with van der Waals surface area (Å²) in [5.74, 6) is 0.978. The van der Waals surface area contributed by atoms with Crippen molar-refractivity contribution >= 4 is 27.5 Å². The first kappa shape index (κ1) is 17.9. The van der Waals surface area contributed by atoms with Crippen LogP contribution in [0.2, 0.25) is 0 Å². The van der Waals surface area contributed by atoms with Crippen molar-refractivity contribution in [1.29, 1.82) is 0 Å². The number of rotatable bonds is 2. The van der Waals surface area contributed by atoms with Crippen LogP contribution in [-0.2, 0) is 6.54 Å². The van der Waals surface area contributed by atoms with Crippen molar-refractivity contribution in [2.24, 2.45) is 0 Å². The summed E-state index contributed by atoms with van der Waals surface area (Å²) in [5, 5.41) is 9.60. The van der Waals surface area contributed by atoms with Crippen LogP contribution in [-0.4, -0.2) is 37.1 Å². The molecule has 1 aliphatic rings. The van der Waals surface area contributed by atoms with Gasteiger partial charge in [-0.1, -0.05) is 12.1 Å². The van der Waals surface area contributed by atoms with Gasteiger partial charge in [0.1, 0.15) is 5.82 Å². The highest BCUT2D eigenvalue weighted by Crippen LogP contribution is 2.34. The number of halogens is 1. The quantitative estimate of drug-likeness (QED) is 0.499. The molecule has 8 heteroatoms. The first-order valence-electron chi connectivity index (χ1n) is 9.39. The minimum atomic E-state index is -0.358. The number of fused-ring (bicyclic) bond motifs is 2. The van der Waals surface area contributed by atoms with E-state index in [0.717, 1.165) is 26.9 Å². The van der Waals surface area contributed by atoms with Crippen molar-refractivity contribution in [3.63, 3.8) is 0 Å². The molecule has 146 valence electrons. The predicted octanol–water partition coefficient (Wildman–Crippen LogP) is 4.22. The SMILES string of the molecule is Cc1cccc2nc(-c3nnc4n3CCN(C(=O)c3ccc(F)cc3)[C@@H]4C)sc12. The van der Waals surface area contributed by atoms with E-state index in [9.17, 15) is 9.18 Å². The van der Waals surface area contributed by atoms with Gasteiger partial charge in [-0.3, -0.25) is 4.79 Å². The van der Waals surface area contributed by atoms with Crippen molar-refractivity contribution in [2.75, 3.05) is 6.54 Å². The lowest BCUT2D eigenvalue weighted by Gasteiger charge is -2.33. The smallest absolute Gasteiger partial charge is 0.254 e. The van der Waals surface area contributed by atoms with E-state index in [1.807, 2.05) is 23.6 Å². The van der Waals surface area contributed by atoms with Crippen molar-refractivity contribution in [3.8, 4) is 10.8 Å². The van der Waals surface area contributed by atoms with Gasteiger partial charge in [0.25, 0.3) is 5.91 Å². The molecule has 0 bridgehead atoms. The Balaban J connectivity index is 1.48. The molecule has 3 heterocycles. The Labute approximate surface area is 170 Å². The highest BCUT2D eigenvalue weighted by molar-refractivity contribution is 7.21. The van der Waals surface area contributed by atoms with Crippen LogP contribution in [0.15, 0.2) is 42.5 Å². The molecule has 1 amide bonds. The Hall–Kier alpha value is -3.13. The minimum Gasteiger partial charge on any atom is -0.327 e. The van der Waals surface area contributed by atoms with Gasteiger partial charge in [0.05, 0.1) is 16.3 Å². The summed E-state index contributed by atoms with van der Waals surface area (Å²) in [6.45, 7) is 5.13. The fourth-order valence-electron chi connectivity index (χ4n) is 3.76. The second-order valence-corrected chi connectivity index (χ2v) is 8.16. The minimum absolute atomic E-state index is 0.135. The van der Waals surface area contributed by atoms with Gasteiger partial charge in [-0.2, -0.15) is 0 Å². The zero-order valence-electron chi connectivity index (χ0n) is 16.0. The molecule has 0 N–H and O–H groups in total. The highest BCUT2D eigenvalue weighted by Gasteiger charge is 2.32. The molecule has 0 radical (unpaired) electrons. The molecular formula is C21H18FN5OS. The zero-order chi connectivity index (χ0) is 20.1. The van der Waals surface area contributed by atoms with E-state index in [2.05, 4.69) is 23.2 Å². The average molecular weight is 407 g/mol. The number of hydrogen-bond acceptors (Lipinski definition) is 5. The summed E-state index contributed by atoms with van der Waals surface area (Å²) in [6, 6.07) is 11.5.